The van der Waals surface area contributed by atoms with Crippen LogP contribution in [0.3, 0.4) is 0 Å². The smallest absolute Gasteiger partial charge is 0.191 e. The van der Waals surface area contributed by atoms with Crippen LogP contribution in [0.2, 0.25) is 0 Å². The zero-order valence-electron chi connectivity index (χ0n) is 17.7. The number of nitrogens with one attached hydrogen (secondary N) is 2. The molecule has 27 heavy (non-hydrogen) atoms. The quantitative estimate of drug-likeness (QED) is 0.370. The zero-order chi connectivity index (χ0) is 19.6. The number of ether oxygens (including phenoxy) is 2. The van der Waals surface area contributed by atoms with E-state index in [-0.39, 0.29) is 6.04 Å². The number of hydrogen-bond donors (Lipinski definition) is 2. The Morgan fingerprint density at radius 1 is 1.44 bits per heavy atom. The van der Waals surface area contributed by atoms with E-state index in [1.165, 1.54) is 11.3 Å². The lowest BCUT2D eigenvalue weighted by molar-refractivity contribution is 0.0171. The summed E-state index contributed by atoms with van der Waals surface area (Å²) in [7, 11) is 2.00. The molecule has 1 fully saturated rings. The molecule has 0 radical (unpaired) electrons. The van der Waals surface area contributed by atoms with Gasteiger partial charge in [0.1, 0.15) is 0 Å². The predicted molar refractivity (Wildman–Crippen MR) is 109 cm³/mol. The molecule has 1 saturated heterocycles. The summed E-state index contributed by atoms with van der Waals surface area (Å²) in [4.78, 5) is 4.68. The van der Waals surface area contributed by atoms with Gasteiger partial charge in [-0.2, -0.15) is 5.10 Å². The summed E-state index contributed by atoms with van der Waals surface area (Å²) in [5.74, 6) is 0.864. The molecule has 2 N–H and O–H groups in total. The van der Waals surface area contributed by atoms with Crippen molar-refractivity contribution >= 4 is 5.96 Å². The van der Waals surface area contributed by atoms with E-state index in [0.29, 0.717) is 12.7 Å². The van der Waals surface area contributed by atoms with Crippen LogP contribution >= 0.6 is 0 Å². The van der Waals surface area contributed by atoms with Crippen LogP contribution in [0, 0.1) is 13.8 Å². The van der Waals surface area contributed by atoms with Gasteiger partial charge in [-0.05, 0) is 58.9 Å². The first-order valence-electron chi connectivity index (χ1n) is 10.2. The van der Waals surface area contributed by atoms with Gasteiger partial charge >= 0.3 is 0 Å². The largest absolute Gasteiger partial charge is 0.379 e. The number of aliphatic imine (C=N–C) groups is 1. The highest BCUT2D eigenvalue weighted by atomic mass is 16.5. The lowest BCUT2D eigenvalue weighted by atomic mass is 10.1. The maximum absolute atomic E-state index is 5.70. The van der Waals surface area contributed by atoms with Crippen molar-refractivity contribution in [3.63, 3.8) is 0 Å². The van der Waals surface area contributed by atoms with Gasteiger partial charge in [0.25, 0.3) is 0 Å². The van der Waals surface area contributed by atoms with Gasteiger partial charge in [0.05, 0.1) is 18.4 Å². The number of aryl methyl sites for hydroxylation is 2. The van der Waals surface area contributed by atoms with Crippen LogP contribution in [0.25, 0.3) is 0 Å². The van der Waals surface area contributed by atoms with Gasteiger partial charge < -0.3 is 20.1 Å². The molecule has 2 rings (SSSR count). The minimum atomic E-state index is 0.278. The van der Waals surface area contributed by atoms with Crippen molar-refractivity contribution in [2.45, 2.75) is 65.5 Å². The molecule has 1 aliphatic rings. The van der Waals surface area contributed by atoms with Crippen molar-refractivity contribution < 1.29 is 9.47 Å². The van der Waals surface area contributed by atoms with Crippen LogP contribution in [0.1, 0.15) is 50.1 Å². The molecule has 7 nitrogen and oxygen atoms in total. The maximum Gasteiger partial charge on any atom is 0.191 e. The van der Waals surface area contributed by atoms with E-state index in [1.54, 1.807) is 0 Å². The van der Waals surface area contributed by atoms with E-state index in [9.17, 15) is 0 Å². The average Bonchev–Trinajstić information content (AvgIpc) is 3.22. The normalized spacial score (nSPS) is 18.7. The summed E-state index contributed by atoms with van der Waals surface area (Å²) in [6.45, 7) is 12.4. The summed E-state index contributed by atoms with van der Waals surface area (Å²) in [6.07, 6.45) is 4.43. The molecule has 7 heteroatoms. The molecule has 1 aromatic heterocycles. The van der Waals surface area contributed by atoms with E-state index in [0.717, 1.165) is 63.6 Å². The molecule has 2 unspecified atom stereocenters. The molecule has 0 bridgehead atoms. The molecule has 0 aromatic carbocycles. The fourth-order valence-corrected chi connectivity index (χ4v) is 3.37. The van der Waals surface area contributed by atoms with Crippen molar-refractivity contribution in [1.29, 1.82) is 0 Å². The number of rotatable bonds is 10. The predicted octanol–water partition coefficient (Wildman–Crippen LogP) is 2.11. The van der Waals surface area contributed by atoms with E-state index in [4.69, 9.17) is 9.47 Å². The van der Waals surface area contributed by atoms with Crippen LogP contribution in [-0.2, 0) is 22.9 Å². The van der Waals surface area contributed by atoms with Crippen LogP contribution in [-0.4, -0.2) is 60.8 Å². The average molecular weight is 380 g/mol. The second kappa shape index (κ2) is 11.3. The Bertz CT molecular complexity index is 593. The lowest BCUT2D eigenvalue weighted by Crippen LogP contribution is -2.43. The molecular weight excluding hydrogens is 342 g/mol. The van der Waals surface area contributed by atoms with Crippen LogP contribution in [0.5, 0.6) is 0 Å². The molecule has 2 atom stereocenters. The first kappa shape index (κ1) is 21.7. The van der Waals surface area contributed by atoms with Crippen LogP contribution in [0.4, 0.5) is 0 Å². The van der Waals surface area contributed by atoms with Gasteiger partial charge in [-0.3, -0.25) is 9.67 Å². The number of guanidine groups is 1. The minimum absolute atomic E-state index is 0.278. The topological polar surface area (TPSA) is 72.7 Å². The Hall–Kier alpha value is -1.60. The summed E-state index contributed by atoms with van der Waals surface area (Å²) in [6, 6.07) is 0.278. The molecule has 0 saturated carbocycles. The number of aromatic nitrogens is 2. The standard InChI is InChI=1S/C20H37N5O2/c1-6-21-20(22-10-8-11-26-14-18-9-7-12-27-18)23-15(2)13-19-16(3)24-25(5)17(19)4/h15,18H,6-14H2,1-5H3,(H2,21,22,23). The van der Waals surface area contributed by atoms with Gasteiger partial charge in [-0.25, -0.2) is 0 Å². The Kier molecular flexibility index (Phi) is 9.07. The van der Waals surface area contributed by atoms with Crippen molar-refractivity contribution in [2.24, 2.45) is 12.0 Å². The van der Waals surface area contributed by atoms with Gasteiger partial charge in [-0.15, -0.1) is 0 Å². The fraction of sp³-hybridized carbons (Fsp3) is 0.800. The Morgan fingerprint density at radius 2 is 2.26 bits per heavy atom. The van der Waals surface area contributed by atoms with Gasteiger partial charge in [0, 0.05) is 45.1 Å². The fourth-order valence-electron chi connectivity index (χ4n) is 3.37. The van der Waals surface area contributed by atoms with E-state index >= 15 is 0 Å². The SMILES string of the molecule is CCNC(=NCCCOCC1CCCO1)NC(C)Cc1c(C)nn(C)c1C. The van der Waals surface area contributed by atoms with Crippen LogP contribution < -0.4 is 10.6 Å². The highest BCUT2D eigenvalue weighted by Crippen LogP contribution is 2.14. The second-order valence-electron chi connectivity index (χ2n) is 7.35. The number of nitrogens with zero attached hydrogens (tertiary/aromatic N) is 3. The van der Waals surface area contributed by atoms with Gasteiger partial charge in [-0.1, -0.05) is 0 Å². The van der Waals surface area contributed by atoms with E-state index < -0.39 is 0 Å². The Morgan fingerprint density at radius 3 is 2.89 bits per heavy atom. The Labute approximate surface area is 163 Å². The Balaban J connectivity index is 1.73. The van der Waals surface area contributed by atoms with E-state index in [2.05, 4.69) is 48.4 Å². The number of hydrogen-bond acceptors (Lipinski definition) is 4. The molecule has 0 aliphatic carbocycles. The van der Waals surface area contributed by atoms with Gasteiger partial charge in [0.15, 0.2) is 5.96 Å². The molecule has 0 spiro atoms. The lowest BCUT2D eigenvalue weighted by Gasteiger charge is -2.18. The highest BCUT2D eigenvalue weighted by molar-refractivity contribution is 5.80. The van der Waals surface area contributed by atoms with Crippen molar-refractivity contribution in [2.75, 3.05) is 32.9 Å². The molecular formula is C20H37N5O2. The third-order valence-electron chi connectivity index (χ3n) is 4.94. The molecule has 1 aliphatic heterocycles. The summed E-state index contributed by atoms with van der Waals surface area (Å²) < 4.78 is 13.2. The van der Waals surface area contributed by atoms with Crippen molar-refractivity contribution in [1.82, 2.24) is 20.4 Å². The first-order valence-corrected chi connectivity index (χ1v) is 10.2. The van der Waals surface area contributed by atoms with Crippen molar-refractivity contribution in [3.8, 4) is 0 Å². The first-order chi connectivity index (χ1) is 13.0. The highest BCUT2D eigenvalue weighted by Gasteiger charge is 2.15. The minimum Gasteiger partial charge on any atom is -0.379 e. The zero-order valence-corrected chi connectivity index (χ0v) is 17.7. The summed E-state index contributed by atoms with van der Waals surface area (Å²) in [5.41, 5.74) is 3.65. The summed E-state index contributed by atoms with van der Waals surface area (Å²) >= 11 is 0. The van der Waals surface area contributed by atoms with E-state index in [1.807, 2.05) is 11.7 Å². The third-order valence-corrected chi connectivity index (χ3v) is 4.94. The van der Waals surface area contributed by atoms with Gasteiger partial charge in [0.2, 0.25) is 0 Å². The molecule has 154 valence electrons. The molecule has 2 heterocycles. The molecule has 1 aromatic rings. The monoisotopic (exact) mass is 379 g/mol. The maximum atomic E-state index is 5.70. The second-order valence-corrected chi connectivity index (χ2v) is 7.35. The van der Waals surface area contributed by atoms with Crippen molar-refractivity contribution in [3.05, 3.63) is 17.0 Å². The van der Waals surface area contributed by atoms with Crippen LogP contribution in [0.15, 0.2) is 4.99 Å². The summed E-state index contributed by atoms with van der Waals surface area (Å²) in [5, 5.41) is 11.3. The molecule has 0 amide bonds. The third kappa shape index (κ3) is 7.14.